The molecule has 5 rings (SSSR count). The summed E-state index contributed by atoms with van der Waals surface area (Å²) >= 11 is 2.36. The molecule has 0 saturated heterocycles. The molecule has 8 heteroatoms. The largest absolute Gasteiger partial charge is 0.223 e. The summed E-state index contributed by atoms with van der Waals surface area (Å²) in [5.41, 5.74) is 0.633. The molecule has 5 aromatic rings. The van der Waals surface area contributed by atoms with Crippen LogP contribution in [0.5, 0.6) is 0 Å². The van der Waals surface area contributed by atoms with Gasteiger partial charge in [-0.2, -0.15) is 0 Å². The molecule has 0 N–H and O–H groups in total. The quantitative estimate of drug-likeness (QED) is 0.140. The molecule has 0 heterocycles. The summed E-state index contributed by atoms with van der Waals surface area (Å²) in [5.74, 6) is -0.943. The van der Waals surface area contributed by atoms with E-state index in [1.54, 1.807) is 60.7 Å². The summed E-state index contributed by atoms with van der Waals surface area (Å²) in [5, 5.41) is 0. The molecule has 0 amide bonds. The van der Waals surface area contributed by atoms with Crippen molar-refractivity contribution in [2.24, 2.45) is 0 Å². The Morgan fingerprint density at radius 1 is 0.390 bits per heavy atom. The molecular formula is C33H28O4S4. The van der Waals surface area contributed by atoms with Crippen molar-refractivity contribution in [1.29, 1.82) is 0 Å². The highest BCUT2D eigenvalue weighted by molar-refractivity contribution is 8.15. The Morgan fingerprint density at radius 2 is 0.683 bits per heavy atom. The number of benzene rings is 5. The minimum atomic E-state index is -4.04. The van der Waals surface area contributed by atoms with E-state index in [2.05, 4.69) is 0 Å². The summed E-state index contributed by atoms with van der Waals surface area (Å²) in [6, 6.07) is 44.2. The third kappa shape index (κ3) is 6.79. The maximum absolute atomic E-state index is 14.5. The topological polar surface area (TPSA) is 68.3 Å². The Kier molecular flexibility index (Phi) is 9.35. The highest BCUT2D eigenvalue weighted by Gasteiger charge is 2.46. The molecule has 0 aliphatic carbocycles. The van der Waals surface area contributed by atoms with Crippen molar-refractivity contribution >= 4 is 43.2 Å². The molecular weight excluding hydrogens is 589 g/mol. The van der Waals surface area contributed by atoms with E-state index in [0.717, 1.165) is 9.79 Å². The van der Waals surface area contributed by atoms with E-state index in [1.807, 2.05) is 91.0 Å². The minimum Gasteiger partial charge on any atom is -0.223 e. The zero-order valence-electron chi connectivity index (χ0n) is 21.9. The van der Waals surface area contributed by atoms with Gasteiger partial charge >= 0.3 is 0 Å². The second-order valence-electron chi connectivity index (χ2n) is 9.25. The fraction of sp³-hybridized carbons (Fsp3) is 0.0909. The number of sulfone groups is 2. The minimum absolute atomic E-state index is 0.148. The summed E-state index contributed by atoms with van der Waals surface area (Å²) in [6.45, 7) is 0. The molecule has 0 aromatic heterocycles. The van der Waals surface area contributed by atoms with Crippen LogP contribution in [0.25, 0.3) is 0 Å². The van der Waals surface area contributed by atoms with E-state index in [-0.39, 0.29) is 9.79 Å². The monoisotopic (exact) mass is 616 g/mol. The second kappa shape index (κ2) is 13.1. The molecule has 0 fully saturated rings. The summed E-state index contributed by atoms with van der Waals surface area (Å²) < 4.78 is 55.9. The molecule has 2 atom stereocenters. The number of thioether (sulfide) groups is 2. The molecule has 2 unspecified atom stereocenters. The van der Waals surface area contributed by atoms with Gasteiger partial charge in [-0.1, -0.05) is 103 Å². The van der Waals surface area contributed by atoms with Crippen molar-refractivity contribution in [3.05, 3.63) is 157 Å². The van der Waals surface area contributed by atoms with Crippen LogP contribution in [0.4, 0.5) is 0 Å². The first kappa shape index (κ1) is 29.2. The number of hydrogen-bond donors (Lipinski definition) is 0. The van der Waals surface area contributed by atoms with Gasteiger partial charge in [-0.3, -0.25) is 0 Å². The van der Waals surface area contributed by atoms with Crippen molar-refractivity contribution < 1.29 is 16.8 Å². The first-order valence-electron chi connectivity index (χ1n) is 12.9. The fourth-order valence-electron chi connectivity index (χ4n) is 4.53. The van der Waals surface area contributed by atoms with Gasteiger partial charge in [-0.15, -0.1) is 23.5 Å². The van der Waals surface area contributed by atoms with E-state index in [9.17, 15) is 16.8 Å². The van der Waals surface area contributed by atoms with Crippen LogP contribution >= 0.6 is 23.5 Å². The third-order valence-electron chi connectivity index (χ3n) is 6.52. The van der Waals surface area contributed by atoms with Crippen LogP contribution in [0.3, 0.4) is 0 Å². The Bertz CT molecular complexity index is 1630. The van der Waals surface area contributed by atoms with Crippen molar-refractivity contribution in [2.75, 3.05) is 0 Å². The third-order valence-corrected chi connectivity index (χ3v) is 14.4. The van der Waals surface area contributed by atoms with Gasteiger partial charge in [0, 0.05) is 15.7 Å². The van der Waals surface area contributed by atoms with Crippen LogP contribution in [0.1, 0.15) is 11.5 Å². The lowest BCUT2D eigenvalue weighted by atomic mass is 10.0. The smallest absolute Gasteiger partial charge is 0.191 e. The van der Waals surface area contributed by atoms with Gasteiger partial charge in [-0.25, -0.2) is 16.8 Å². The van der Waals surface area contributed by atoms with Gasteiger partial charge in [0.2, 0.25) is 0 Å². The van der Waals surface area contributed by atoms with E-state index >= 15 is 0 Å². The summed E-state index contributed by atoms with van der Waals surface area (Å²) in [7, 11) is -8.08. The maximum Gasteiger partial charge on any atom is 0.191 e. The van der Waals surface area contributed by atoms with Crippen LogP contribution in [0, 0.1) is 0 Å². The first-order chi connectivity index (χ1) is 19.9. The van der Waals surface area contributed by atoms with Gasteiger partial charge in [-0.05, 0) is 54.1 Å². The van der Waals surface area contributed by atoms with Crippen molar-refractivity contribution in [3.8, 4) is 0 Å². The normalized spacial score (nSPS) is 14.1. The second-order valence-corrected chi connectivity index (χ2v) is 16.4. The first-order valence-corrected chi connectivity index (χ1v) is 17.8. The highest BCUT2D eigenvalue weighted by atomic mass is 32.3. The average Bonchev–Trinajstić information content (AvgIpc) is 3.02. The van der Waals surface area contributed by atoms with Crippen LogP contribution in [-0.2, 0) is 19.7 Å². The van der Waals surface area contributed by atoms with Gasteiger partial charge in [0.05, 0.1) is 9.79 Å². The standard InChI is InChI=1S/C33H28O4S4/c34-40(35,29-22-12-4-13-23-29)32(38-27-18-8-2-9-19-27)31(26-16-6-1-7-17-26)33(39-28-20-10-3-11-21-28)41(36,37)30-24-14-5-15-25-30/h1-25,31-33H. The van der Waals surface area contributed by atoms with Crippen molar-refractivity contribution in [1.82, 2.24) is 0 Å². The van der Waals surface area contributed by atoms with Gasteiger partial charge in [0.15, 0.2) is 19.7 Å². The molecule has 0 saturated carbocycles. The van der Waals surface area contributed by atoms with Crippen molar-refractivity contribution in [3.63, 3.8) is 0 Å². The van der Waals surface area contributed by atoms with E-state index < -0.39 is 34.8 Å². The molecule has 0 bridgehead atoms. The summed E-state index contributed by atoms with van der Waals surface area (Å²) in [4.78, 5) is 1.77. The van der Waals surface area contributed by atoms with Gasteiger partial charge in [0.1, 0.15) is 9.16 Å². The fourth-order valence-corrected chi connectivity index (χ4v) is 12.4. The summed E-state index contributed by atoms with van der Waals surface area (Å²) in [6.07, 6.45) is 0. The predicted octanol–water partition coefficient (Wildman–Crippen LogP) is 7.95. The Labute approximate surface area is 250 Å². The number of rotatable bonds is 11. The van der Waals surface area contributed by atoms with Crippen molar-refractivity contribution in [2.45, 2.75) is 34.7 Å². The van der Waals surface area contributed by atoms with E-state index in [4.69, 9.17) is 0 Å². The van der Waals surface area contributed by atoms with Crippen LogP contribution in [0.2, 0.25) is 0 Å². The zero-order chi connectivity index (χ0) is 28.7. The van der Waals surface area contributed by atoms with Gasteiger partial charge < -0.3 is 0 Å². The lowest BCUT2D eigenvalue weighted by molar-refractivity contribution is 0.573. The molecule has 0 aliphatic rings. The molecule has 4 nitrogen and oxygen atoms in total. The molecule has 208 valence electrons. The molecule has 0 radical (unpaired) electrons. The average molecular weight is 617 g/mol. The van der Waals surface area contributed by atoms with Crippen LogP contribution in [-0.4, -0.2) is 26.0 Å². The lowest BCUT2D eigenvalue weighted by Crippen LogP contribution is -2.36. The molecule has 0 aliphatic heterocycles. The van der Waals surface area contributed by atoms with Crippen LogP contribution in [0.15, 0.2) is 171 Å². The Balaban J connectivity index is 1.77. The Morgan fingerprint density at radius 3 is 1.02 bits per heavy atom. The van der Waals surface area contributed by atoms with E-state index in [0.29, 0.717) is 5.56 Å². The molecule has 5 aromatic carbocycles. The Hall–Kier alpha value is -3.30. The molecule has 41 heavy (non-hydrogen) atoms. The lowest BCUT2D eigenvalue weighted by Gasteiger charge is -2.33. The zero-order valence-corrected chi connectivity index (χ0v) is 25.2. The maximum atomic E-state index is 14.5. The van der Waals surface area contributed by atoms with Gasteiger partial charge in [0.25, 0.3) is 0 Å². The molecule has 0 spiro atoms. The highest BCUT2D eigenvalue weighted by Crippen LogP contribution is 2.49. The van der Waals surface area contributed by atoms with Crippen LogP contribution < -0.4 is 0 Å². The number of hydrogen-bond acceptors (Lipinski definition) is 6. The predicted molar refractivity (Wildman–Crippen MR) is 169 cm³/mol. The van der Waals surface area contributed by atoms with E-state index in [1.165, 1.54) is 23.5 Å². The SMILES string of the molecule is O=S(=O)(c1ccccc1)C(Sc1ccccc1)C(c1ccccc1)C(Sc1ccccc1)S(=O)(=O)c1ccccc1.